The van der Waals surface area contributed by atoms with Gasteiger partial charge in [0.05, 0.1) is 25.5 Å². The summed E-state index contributed by atoms with van der Waals surface area (Å²) < 4.78 is 21.2. The van der Waals surface area contributed by atoms with Gasteiger partial charge in [0.1, 0.15) is 5.75 Å². The van der Waals surface area contributed by atoms with Crippen LogP contribution in [0, 0.1) is 0 Å². The SMILES string of the molecule is COc1ccc(C(=O)OCC(=O)Nc2ccccc2Oc2ccccc2)cc1OC. The lowest BCUT2D eigenvalue weighted by molar-refractivity contribution is -0.119. The summed E-state index contributed by atoms with van der Waals surface area (Å²) >= 11 is 0. The Balaban J connectivity index is 1.61. The third-order valence-corrected chi connectivity index (χ3v) is 4.09. The fourth-order valence-electron chi connectivity index (χ4n) is 2.64. The van der Waals surface area contributed by atoms with Crippen molar-refractivity contribution in [1.82, 2.24) is 0 Å². The smallest absolute Gasteiger partial charge is 0.338 e. The Morgan fingerprint density at radius 1 is 0.800 bits per heavy atom. The normalized spacial score (nSPS) is 10.1. The minimum atomic E-state index is -0.653. The van der Waals surface area contributed by atoms with Gasteiger partial charge in [0.2, 0.25) is 0 Å². The summed E-state index contributed by atoms with van der Waals surface area (Å²) in [7, 11) is 2.97. The zero-order valence-electron chi connectivity index (χ0n) is 16.6. The molecule has 0 saturated carbocycles. The Morgan fingerprint density at radius 2 is 1.50 bits per heavy atom. The first-order valence-electron chi connectivity index (χ1n) is 9.11. The molecule has 0 heterocycles. The van der Waals surface area contributed by atoms with E-state index in [2.05, 4.69) is 5.32 Å². The average Bonchev–Trinajstić information content (AvgIpc) is 2.79. The van der Waals surface area contributed by atoms with E-state index in [1.54, 1.807) is 30.3 Å². The van der Waals surface area contributed by atoms with Crippen LogP contribution in [-0.4, -0.2) is 32.7 Å². The van der Waals surface area contributed by atoms with Crippen LogP contribution in [0.15, 0.2) is 72.8 Å². The summed E-state index contributed by atoms with van der Waals surface area (Å²) in [6.07, 6.45) is 0. The quantitative estimate of drug-likeness (QED) is 0.561. The highest BCUT2D eigenvalue weighted by molar-refractivity contribution is 5.96. The molecule has 0 aliphatic rings. The first-order chi connectivity index (χ1) is 14.6. The van der Waals surface area contributed by atoms with Crippen LogP contribution in [0.25, 0.3) is 0 Å². The van der Waals surface area contributed by atoms with Crippen molar-refractivity contribution in [2.24, 2.45) is 0 Å². The maximum absolute atomic E-state index is 12.3. The first-order valence-corrected chi connectivity index (χ1v) is 9.11. The average molecular weight is 407 g/mol. The van der Waals surface area contributed by atoms with E-state index in [1.807, 2.05) is 30.3 Å². The second-order valence-electron chi connectivity index (χ2n) is 6.11. The van der Waals surface area contributed by atoms with Gasteiger partial charge in [0.25, 0.3) is 5.91 Å². The van der Waals surface area contributed by atoms with Gasteiger partial charge in [0.15, 0.2) is 23.9 Å². The highest BCUT2D eigenvalue weighted by atomic mass is 16.5. The molecule has 3 rings (SSSR count). The Kier molecular flexibility index (Phi) is 6.89. The van der Waals surface area contributed by atoms with E-state index >= 15 is 0 Å². The van der Waals surface area contributed by atoms with Gasteiger partial charge in [-0.15, -0.1) is 0 Å². The largest absolute Gasteiger partial charge is 0.493 e. The number of benzene rings is 3. The maximum atomic E-state index is 12.3. The number of ether oxygens (including phenoxy) is 4. The van der Waals surface area contributed by atoms with Gasteiger partial charge in [-0.3, -0.25) is 4.79 Å². The van der Waals surface area contributed by atoms with Gasteiger partial charge in [-0.2, -0.15) is 0 Å². The number of esters is 1. The van der Waals surface area contributed by atoms with Crippen LogP contribution in [0.1, 0.15) is 10.4 Å². The fourth-order valence-corrected chi connectivity index (χ4v) is 2.64. The molecule has 0 saturated heterocycles. The van der Waals surface area contributed by atoms with E-state index in [4.69, 9.17) is 18.9 Å². The highest BCUT2D eigenvalue weighted by Crippen LogP contribution is 2.29. The Morgan fingerprint density at radius 3 is 2.23 bits per heavy atom. The summed E-state index contributed by atoms with van der Waals surface area (Å²) in [6.45, 7) is -0.452. The molecule has 0 bridgehead atoms. The third kappa shape index (κ3) is 5.29. The van der Waals surface area contributed by atoms with Gasteiger partial charge in [-0.1, -0.05) is 30.3 Å². The van der Waals surface area contributed by atoms with Gasteiger partial charge < -0.3 is 24.3 Å². The van der Waals surface area contributed by atoms with Gasteiger partial charge in [-0.25, -0.2) is 4.79 Å². The van der Waals surface area contributed by atoms with Crippen LogP contribution in [0.2, 0.25) is 0 Å². The lowest BCUT2D eigenvalue weighted by Crippen LogP contribution is -2.21. The van der Waals surface area contributed by atoms with E-state index in [0.717, 1.165) is 0 Å². The van der Waals surface area contributed by atoms with Crippen molar-refractivity contribution in [3.8, 4) is 23.0 Å². The zero-order chi connectivity index (χ0) is 21.3. The summed E-state index contributed by atoms with van der Waals surface area (Å²) in [6, 6.07) is 20.8. The lowest BCUT2D eigenvalue weighted by Gasteiger charge is -2.12. The summed E-state index contributed by atoms with van der Waals surface area (Å²) in [4.78, 5) is 24.5. The second kappa shape index (κ2) is 9.97. The molecule has 7 heteroatoms. The van der Waals surface area contributed by atoms with Gasteiger partial charge in [0, 0.05) is 0 Å². The third-order valence-electron chi connectivity index (χ3n) is 4.09. The van der Waals surface area contributed by atoms with Crippen LogP contribution in [-0.2, 0) is 9.53 Å². The van der Waals surface area contributed by atoms with Crippen LogP contribution in [0.5, 0.6) is 23.0 Å². The van der Waals surface area contributed by atoms with E-state index in [0.29, 0.717) is 28.7 Å². The Bertz CT molecular complexity index is 1020. The van der Waals surface area contributed by atoms with Gasteiger partial charge in [-0.05, 0) is 42.5 Å². The monoisotopic (exact) mass is 407 g/mol. The zero-order valence-corrected chi connectivity index (χ0v) is 16.6. The summed E-state index contributed by atoms with van der Waals surface area (Å²) in [5.74, 6) is 0.848. The molecule has 0 aliphatic heterocycles. The summed E-state index contributed by atoms with van der Waals surface area (Å²) in [5, 5.41) is 2.69. The van der Waals surface area contributed by atoms with Crippen molar-refractivity contribution in [3.05, 3.63) is 78.4 Å². The number of nitrogens with one attached hydrogen (secondary N) is 1. The first kappa shape index (κ1) is 20.7. The van der Waals surface area contributed by atoms with Crippen molar-refractivity contribution < 1.29 is 28.5 Å². The maximum Gasteiger partial charge on any atom is 0.338 e. The van der Waals surface area contributed by atoms with E-state index in [1.165, 1.54) is 26.4 Å². The standard InChI is InChI=1S/C23H21NO6/c1-27-20-13-12-16(14-21(20)28-2)23(26)29-15-22(25)24-18-10-6-7-11-19(18)30-17-8-4-3-5-9-17/h3-14H,15H2,1-2H3,(H,24,25). The predicted octanol–water partition coefficient (Wildman–Crippen LogP) is 4.29. The number of hydrogen-bond donors (Lipinski definition) is 1. The number of anilines is 1. The van der Waals surface area contributed by atoms with Crippen LogP contribution in [0.3, 0.4) is 0 Å². The minimum Gasteiger partial charge on any atom is -0.493 e. The van der Waals surface area contributed by atoms with E-state index in [9.17, 15) is 9.59 Å². The molecule has 30 heavy (non-hydrogen) atoms. The lowest BCUT2D eigenvalue weighted by atomic mass is 10.2. The number of hydrogen-bond acceptors (Lipinski definition) is 6. The number of amides is 1. The molecule has 0 aromatic heterocycles. The molecule has 0 spiro atoms. The van der Waals surface area contributed by atoms with Crippen LogP contribution < -0.4 is 19.5 Å². The number of methoxy groups -OCH3 is 2. The fraction of sp³-hybridized carbons (Fsp3) is 0.130. The molecule has 0 radical (unpaired) electrons. The molecule has 1 N–H and O–H groups in total. The minimum absolute atomic E-state index is 0.244. The highest BCUT2D eigenvalue weighted by Gasteiger charge is 2.15. The number of rotatable bonds is 8. The van der Waals surface area contributed by atoms with Crippen molar-refractivity contribution in [3.63, 3.8) is 0 Å². The Hall–Kier alpha value is -4.00. The van der Waals surface area contributed by atoms with Crippen molar-refractivity contribution in [2.75, 3.05) is 26.1 Å². The molecule has 3 aromatic carbocycles. The molecule has 0 aliphatic carbocycles. The molecule has 0 unspecified atom stereocenters. The summed E-state index contributed by atoms with van der Waals surface area (Å²) in [5.41, 5.74) is 0.710. The van der Waals surface area contributed by atoms with E-state index in [-0.39, 0.29) is 5.56 Å². The van der Waals surface area contributed by atoms with Crippen LogP contribution in [0.4, 0.5) is 5.69 Å². The van der Waals surface area contributed by atoms with Crippen LogP contribution >= 0.6 is 0 Å². The molecule has 0 fully saturated rings. The van der Waals surface area contributed by atoms with E-state index < -0.39 is 18.5 Å². The molecular weight excluding hydrogens is 386 g/mol. The molecule has 154 valence electrons. The van der Waals surface area contributed by atoms with Crippen molar-refractivity contribution in [2.45, 2.75) is 0 Å². The second-order valence-corrected chi connectivity index (χ2v) is 6.11. The predicted molar refractivity (Wildman–Crippen MR) is 111 cm³/mol. The number of carbonyl (C=O) groups is 2. The Labute approximate surface area is 174 Å². The molecule has 3 aromatic rings. The van der Waals surface area contributed by atoms with Gasteiger partial charge >= 0.3 is 5.97 Å². The number of para-hydroxylation sites is 3. The molecular formula is C23H21NO6. The topological polar surface area (TPSA) is 83.1 Å². The molecule has 7 nitrogen and oxygen atoms in total. The number of carbonyl (C=O) groups excluding carboxylic acids is 2. The van der Waals surface area contributed by atoms with Crippen molar-refractivity contribution >= 4 is 17.6 Å². The van der Waals surface area contributed by atoms with Crippen molar-refractivity contribution in [1.29, 1.82) is 0 Å². The molecule has 1 amide bonds. The molecule has 0 atom stereocenters.